The lowest BCUT2D eigenvalue weighted by atomic mass is 9.82. The number of urea groups is 1. The Kier molecular flexibility index (Phi) is 12.8. The standard InChI is InChI=1S/C33H42N4O10/c1-5-8-16-25(38)45-23-19-21(20-24(46-26(39)17-9-6-2)28(23)47-27(40)18-10-7-3)33(35-31(42)43)29(34)37(22-14-12-11-13-15-22)32(44)36(4)30(33)41/h11-15,19-20,29,35H,5-10,16-18,34H2,1-4H3,(H,42,43). The molecule has 1 fully saturated rings. The van der Waals surface area contributed by atoms with Gasteiger partial charge in [0.15, 0.2) is 17.0 Å². The van der Waals surface area contributed by atoms with Crippen LogP contribution < -0.4 is 30.2 Å². The number of anilines is 1. The number of nitrogens with one attached hydrogen (secondary N) is 1. The highest BCUT2D eigenvalue weighted by molar-refractivity contribution is 6.11. The van der Waals surface area contributed by atoms with Crippen molar-refractivity contribution in [1.82, 2.24) is 10.2 Å². The quantitative estimate of drug-likeness (QED) is 0.176. The molecule has 47 heavy (non-hydrogen) atoms. The van der Waals surface area contributed by atoms with Crippen LogP contribution in [0.15, 0.2) is 42.5 Å². The molecule has 1 saturated heterocycles. The number of amides is 4. The minimum Gasteiger partial charge on any atom is -0.465 e. The van der Waals surface area contributed by atoms with Gasteiger partial charge in [0.2, 0.25) is 5.75 Å². The Morgan fingerprint density at radius 3 is 1.74 bits per heavy atom. The van der Waals surface area contributed by atoms with Crippen LogP contribution in [-0.4, -0.2) is 59.2 Å². The molecule has 14 heteroatoms. The first-order valence-corrected chi connectivity index (χ1v) is 15.6. The van der Waals surface area contributed by atoms with Gasteiger partial charge in [-0.1, -0.05) is 58.2 Å². The van der Waals surface area contributed by atoms with Gasteiger partial charge in [0.1, 0.15) is 6.17 Å². The van der Waals surface area contributed by atoms with Crippen LogP contribution in [-0.2, 0) is 24.7 Å². The average molecular weight is 655 g/mol. The zero-order chi connectivity index (χ0) is 34.7. The molecule has 0 saturated carbocycles. The van der Waals surface area contributed by atoms with E-state index in [9.17, 15) is 33.9 Å². The predicted molar refractivity (Wildman–Crippen MR) is 170 cm³/mol. The molecule has 0 radical (unpaired) electrons. The average Bonchev–Trinajstić information content (AvgIpc) is 3.04. The largest absolute Gasteiger partial charge is 0.465 e. The van der Waals surface area contributed by atoms with Gasteiger partial charge in [-0.25, -0.2) is 9.59 Å². The van der Waals surface area contributed by atoms with E-state index in [0.29, 0.717) is 43.4 Å². The second kappa shape index (κ2) is 16.5. The number of nitrogens with zero attached hydrogens (tertiary/aromatic N) is 2. The van der Waals surface area contributed by atoms with Crippen LogP contribution in [0.3, 0.4) is 0 Å². The summed E-state index contributed by atoms with van der Waals surface area (Å²) in [6, 6.07) is 9.45. The van der Waals surface area contributed by atoms with E-state index in [0.717, 1.165) is 24.1 Å². The highest BCUT2D eigenvalue weighted by Crippen LogP contribution is 2.45. The maximum absolute atomic E-state index is 14.1. The molecular weight excluding hydrogens is 612 g/mol. The molecule has 14 nitrogen and oxygen atoms in total. The fraction of sp³-hybridized carbons (Fsp3) is 0.455. The minimum absolute atomic E-state index is 0.00248. The van der Waals surface area contributed by atoms with E-state index in [4.69, 9.17) is 19.9 Å². The van der Waals surface area contributed by atoms with E-state index in [1.165, 1.54) is 0 Å². The van der Waals surface area contributed by atoms with Gasteiger partial charge >= 0.3 is 30.0 Å². The molecule has 4 N–H and O–H groups in total. The summed E-state index contributed by atoms with van der Waals surface area (Å²) in [5.74, 6) is -4.46. The minimum atomic E-state index is -2.44. The van der Waals surface area contributed by atoms with Crippen LogP contribution in [0.1, 0.15) is 84.1 Å². The molecule has 0 aromatic heterocycles. The highest BCUT2D eigenvalue weighted by atomic mass is 16.6. The summed E-state index contributed by atoms with van der Waals surface area (Å²) in [5.41, 5.74) is 4.21. The van der Waals surface area contributed by atoms with Crippen molar-refractivity contribution in [2.75, 3.05) is 11.9 Å². The third kappa shape index (κ3) is 8.44. The van der Waals surface area contributed by atoms with Gasteiger partial charge in [0, 0.05) is 32.0 Å². The molecule has 1 aliphatic heterocycles. The van der Waals surface area contributed by atoms with Gasteiger partial charge in [-0.05, 0) is 49.1 Å². The molecule has 1 aliphatic rings. The number of imide groups is 1. The number of carbonyl (C=O) groups is 6. The Balaban J connectivity index is 2.36. The molecule has 0 aliphatic carbocycles. The number of nitrogens with two attached hydrogens (primary N) is 1. The number of esters is 3. The summed E-state index contributed by atoms with van der Waals surface area (Å²) < 4.78 is 16.9. The first kappa shape index (κ1) is 36.5. The Bertz CT molecular complexity index is 1440. The SMILES string of the molecule is CCCCC(=O)Oc1cc(C2(NC(=O)O)C(=O)N(C)C(=O)N(c3ccccc3)C2N)cc(OC(=O)CCCC)c1OC(=O)CCCC. The first-order chi connectivity index (χ1) is 22.4. The maximum Gasteiger partial charge on any atom is 0.405 e. The second-order valence-electron chi connectivity index (χ2n) is 11.1. The van der Waals surface area contributed by atoms with Gasteiger partial charge in [-0.15, -0.1) is 0 Å². The predicted octanol–water partition coefficient (Wildman–Crippen LogP) is 4.82. The third-order valence-corrected chi connectivity index (χ3v) is 7.54. The van der Waals surface area contributed by atoms with Crippen molar-refractivity contribution in [3.63, 3.8) is 0 Å². The van der Waals surface area contributed by atoms with Crippen LogP contribution >= 0.6 is 0 Å². The number of para-hydroxylation sites is 1. The fourth-order valence-electron chi connectivity index (χ4n) is 5.01. The Morgan fingerprint density at radius 2 is 1.30 bits per heavy atom. The number of hydrogen-bond donors (Lipinski definition) is 3. The van der Waals surface area contributed by atoms with E-state index in [2.05, 4.69) is 5.32 Å². The van der Waals surface area contributed by atoms with E-state index in [1.807, 2.05) is 20.8 Å². The molecule has 0 bridgehead atoms. The Labute approximate surface area is 273 Å². The molecule has 2 unspecified atom stereocenters. The number of benzene rings is 2. The van der Waals surface area contributed by atoms with Crippen LogP contribution in [0.25, 0.3) is 0 Å². The van der Waals surface area contributed by atoms with Crippen LogP contribution in [0.2, 0.25) is 0 Å². The van der Waals surface area contributed by atoms with Crippen LogP contribution in [0, 0.1) is 0 Å². The fourth-order valence-corrected chi connectivity index (χ4v) is 5.01. The maximum atomic E-state index is 14.1. The van der Waals surface area contributed by atoms with Crippen molar-refractivity contribution in [1.29, 1.82) is 0 Å². The highest BCUT2D eigenvalue weighted by Gasteiger charge is 2.58. The van der Waals surface area contributed by atoms with Crippen molar-refractivity contribution in [2.24, 2.45) is 5.73 Å². The summed E-state index contributed by atoms with van der Waals surface area (Å²) in [5, 5.41) is 12.2. The zero-order valence-electron chi connectivity index (χ0n) is 27.1. The second-order valence-corrected chi connectivity index (χ2v) is 11.1. The summed E-state index contributed by atoms with van der Waals surface area (Å²) >= 11 is 0. The lowest BCUT2D eigenvalue weighted by Crippen LogP contribution is -2.76. The molecule has 3 rings (SSSR count). The van der Waals surface area contributed by atoms with E-state index in [-0.39, 0.29) is 30.5 Å². The summed E-state index contributed by atoms with van der Waals surface area (Å²) in [6.45, 7) is 5.62. The van der Waals surface area contributed by atoms with Crippen molar-refractivity contribution < 1.29 is 48.1 Å². The number of carbonyl (C=O) groups excluding carboxylic acids is 5. The van der Waals surface area contributed by atoms with Crippen molar-refractivity contribution in [2.45, 2.75) is 90.3 Å². The lowest BCUT2D eigenvalue weighted by molar-refractivity contribution is -0.138. The molecule has 2 aromatic carbocycles. The van der Waals surface area contributed by atoms with E-state index in [1.54, 1.807) is 30.3 Å². The summed E-state index contributed by atoms with van der Waals surface area (Å²) in [6.07, 6.45) is 0.00103. The topological polar surface area (TPSA) is 195 Å². The van der Waals surface area contributed by atoms with Gasteiger partial charge in [0.25, 0.3) is 5.91 Å². The van der Waals surface area contributed by atoms with E-state index >= 15 is 0 Å². The number of carboxylic acid groups (broad SMARTS) is 1. The number of likely N-dealkylation sites (N-methyl/N-ethyl adjacent to an activating group) is 1. The van der Waals surface area contributed by atoms with Crippen LogP contribution in [0.4, 0.5) is 15.3 Å². The zero-order valence-corrected chi connectivity index (χ0v) is 27.1. The van der Waals surface area contributed by atoms with Crippen molar-refractivity contribution in [3.8, 4) is 17.2 Å². The number of ether oxygens (including phenoxy) is 3. The van der Waals surface area contributed by atoms with Crippen LogP contribution in [0.5, 0.6) is 17.2 Å². The summed E-state index contributed by atoms with van der Waals surface area (Å²) in [4.78, 5) is 80.3. The molecule has 2 atom stereocenters. The summed E-state index contributed by atoms with van der Waals surface area (Å²) in [7, 11) is 1.16. The molecule has 0 spiro atoms. The monoisotopic (exact) mass is 654 g/mol. The Hall–Kier alpha value is -4.98. The smallest absolute Gasteiger partial charge is 0.405 e. The van der Waals surface area contributed by atoms with Gasteiger partial charge in [0.05, 0.1) is 0 Å². The van der Waals surface area contributed by atoms with Gasteiger partial charge in [-0.3, -0.25) is 29.0 Å². The Morgan fingerprint density at radius 1 is 0.830 bits per heavy atom. The van der Waals surface area contributed by atoms with Crippen molar-refractivity contribution in [3.05, 3.63) is 48.0 Å². The molecule has 254 valence electrons. The molecule has 1 heterocycles. The number of unbranched alkanes of at least 4 members (excludes halogenated alkanes) is 3. The molecule has 2 aromatic rings. The van der Waals surface area contributed by atoms with Gasteiger partial charge in [-0.2, -0.15) is 0 Å². The van der Waals surface area contributed by atoms with E-state index < -0.39 is 64.9 Å². The normalized spacial score (nSPS) is 17.7. The third-order valence-electron chi connectivity index (χ3n) is 7.54. The van der Waals surface area contributed by atoms with Gasteiger partial charge < -0.3 is 30.4 Å². The number of rotatable bonds is 15. The molecular formula is C33H42N4O10. The lowest BCUT2D eigenvalue weighted by Gasteiger charge is -2.49. The number of hydrogen-bond acceptors (Lipinski definition) is 10. The van der Waals surface area contributed by atoms with Crippen molar-refractivity contribution >= 4 is 41.6 Å². The molecule has 4 amide bonds. The first-order valence-electron chi connectivity index (χ1n) is 15.6.